The molecule has 0 bridgehead atoms. The highest BCUT2D eigenvalue weighted by Crippen LogP contribution is 2.43. The number of nitrogens with one attached hydrogen (secondary N) is 2. The summed E-state index contributed by atoms with van der Waals surface area (Å²) in [5.41, 5.74) is -7.32. The molecule has 0 fully saturated rings. The van der Waals surface area contributed by atoms with Crippen molar-refractivity contribution < 1.29 is 49.1 Å². The molecule has 3 aromatic carbocycles. The Morgan fingerprint density at radius 1 is 1.00 bits per heavy atom. The van der Waals surface area contributed by atoms with Crippen molar-refractivity contribution in [3.05, 3.63) is 97.4 Å². The monoisotopic (exact) mass is 636 g/mol. The van der Waals surface area contributed by atoms with Gasteiger partial charge in [-0.1, -0.05) is 11.6 Å². The third-order valence-corrected chi connectivity index (χ3v) is 6.94. The van der Waals surface area contributed by atoms with E-state index in [1.165, 1.54) is 0 Å². The molecule has 0 spiro atoms. The fourth-order valence-electron chi connectivity index (χ4n) is 4.90. The Hall–Kier alpha value is -4.47. The molecule has 5 rings (SSSR count). The Balaban J connectivity index is 1.81. The predicted octanol–water partition coefficient (Wildman–Crippen LogP) is 6.50. The average molecular weight is 637 g/mol. The summed E-state index contributed by atoms with van der Waals surface area (Å²) >= 11 is 6.19. The molecule has 1 atom stereocenters. The van der Waals surface area contributed by atoms with Crippen molar-refractivity contribution in [3.63, 3.8) is 0 Å². The Morgan fingerprint density at radius 3 is 2.33 bits per heavy atom. The molecule has 0 saturated carbocycles. The van der Waals surface area contributed by atoms with Crippen molar-refractivity contribution in [3.8, 4) is 0 Å². The highest BCUT2D eigenvalue weighted by Gasteiger charge is 2.40. The third-order valence-electron chi connectivity index (χ3n) is 6.60. The Bertz CT molecular complexity index is 1870. The molecule has 2 amide bonds. The highest BCUT2D eigenvalue weighted by molar-refractivity contribution is 6.31. The van der Waals surface area contributed by atoms with E-state index in [1.54, 1.807) is 0 Å². The largest absolute Gasteiger partial charge is 0.416 e. The van der Waals surface area contributed by atoms with Crippen LogP contribution in [0.1, 0.15) is 50.0 Å². The smallest absolute Gasteiger partial charge is 0.341 e. The van der Waals surface area contributed by atoms with Gasteiger partial charge in [-0.2, -0.15) is 22.0 Å². The first-order valence-corrected chi connectivity index (χ1v) is 12.3. The van der Waals surface area contributed by atoms with Gasteiger partial charge >= 0.3 is 18.4 Å². The normalized spacial score (nSPS) is 15.0. The second-order valence-corrected chi connectivity index (χ2v) is 9.67. The number of benzene rings is 3. The van der Waals surface area contributed by atoms with Crippen molar-refractivity contribution in [2.45, 2.75) is 31.7 Å². The molecule has 4 aromatic rings. The van der Waals surface area contributed by atoms with Crippen LogP contribution in [0.5, 0.6) is 0 Å². The summed E-state index contributed by atoms with van der Waals surface area (Å²) in [4.78, 5) is 39.2. The molecule has 226 valence electrons. The number of carbonyl (C=O) groups is 2. The van der Waals surface area contributed by atoms with Crippen LogP contribution in [0.4, 0.5) is 45.2 Å². The van der Waals surface area contributed by atoms with Gasteiger partial charge in [0.25, 0.3) is 18.2 Å². The summed E-state index contributed by atoms with van der Waals surface area (Å²) in [6, 6.07) is 3.07. The number of fused-ring (bicyclic) bond motifs is 3. The molecule has 0 radical (unpaired) electrons. The van der Waals surface area contributed by atoms with Gasteiger partial charge in [0.15, 0.2) is 0 Å². The van der Waals surface area contributed by atoms with E-state index in [4.69, 9.17) is 11.6 Å². The minimum atomic E-state index is -5.06. The number of anilines is 1. The number of rotatable bonds is 6. The van der Waals surface area contributed by atoms with Gasteiger partial charge in [0, 0.05) is 27.4 Å². The second kappa shape index (κ2) is 10.7. The van der Waals surface area contributed by atoms with Crippen LogP contribution < -0.4 is 16.3 Å². The molecule has 1 aliphatic rings. The molecule has 0 aliphatic carbocycles. The van der Waals surface area contributed by atoms with Gasteiger partial charge in [-0.25, -0.2) is 26.9 Å². The molecular weight excluding hydrogens is 623 g/mol. The van der Waals surface area contributed by atoms with Gasteiger partial charge in [0.2, 0.25) is 0 Å². The minimum Gasteiger partial charge on any atom is -0.341 e. The average Bonchev–Trinajstić information content (AvgIpc) is 3.38. The van der Waals surface area contributed by atoms with Gasteiger partial charge in [-0.05, 0) is 42.5 Å². The van der Waals surface area contributed by atoms with Crippen molar-refractivity contribution in [1.29, 1.82) is 0 Å². The first kappa shape index (κ1) is 30.0. The minimum absolute atomic E-state index is 0.126. The van der Waals surface area contributed by atoms with E-state index in [9.17, 15) is 53.9 Å². The van der Waals surface area contributed by atoms with Crippen LogP contribution in [-0.2, 0) is 12.7 Å². The summed E-state index contributed by atoms with van der Waals surface area (Å²) in [5.74, 6) is -4.86. The second-order valence-electron chi connectivity index (χ2n) is 9.27. The molecule has 7 nitrogen and oxygen atoms in total. The lowest BCUT2D eigenvalue weighted by molar-refractivity contribution is -0.137. The van der Waals surface area contributed by atoms with E-state index in [0.29, 0.717) is 12.1 Å². The van der Waals surface area contributed by atoms with E-state index in [-0.39, 0.29) is 25.8 Å². The number of halogens is 10. The van der Waals surface area contributed by atoms with Gasteiger partial charge in [-0.3, -0.25) is 14.2 Å². The van der Waals surface area contributed by atoms with Crippen molar-refractivity contribution in [2.75, 3.05) is 5.32 Å². The fraction of sp³-hybridized carbons (Fsp3) is 0.192. The van der Waals surface area contributed by atoms with Crippen LogP contribution in [0, 0.1) is 11.6 Å². The predicted molar refractivity (Wildman–Crippen MR) is 134 cm³/mol. The van der Waals surface area contributed by atoms with Gasteiger partial charge in [0.1, 0.15) is 11.6 Å². The maximum absolute atomic E-state index is 14.2. The standard InChI is InChI=1S/C26H14ClF9N4O3/c27-14-2-1-11(28)6-13(14)20-18-15(37-22(41)9-3-10(26(34,35)36)5-12(29)4-9)7-16-21(19(18)23(42)38-20)40(24(32)33)25(43)39(16)8-17(30)31/h1-7,17,20,24H,8H2,(H,37,41)(H,38,42)/t20-/m1/s1. The van der Waals surface area contributed by atoms with Crippen molar-refractivity contribution in [1.82, 2.24) is 14.5 Å². The number of hydrogen-bond donors (Lipinski definition) is 2. The SMILES string of the molecule is O=C(Nc1cc2c(c3c1[C@@H](c1cc(F)ccc1Cl)NC3=O)n(C(F)F)c(=O)n2CC(F)F)c1cc(F)cc(C(F)(F)F)c1. The summed E-state index contributed by atoms with van der Waals surface area (Å²) < 4.78 is 123. The fourth-order valence-corrected chi connectivity index (χ4v) is 5.13. The molecule has 43 heavy (non-hydrogen) atoms. The lowest BCUT2D eigenvalue weighted by Crippen LogP contribution is -2.27. The number of alkyl halides is 7. The first-order chi connectivity index (χ1) is 20.1. The first-order valence-electron chi connectivity index (χ1n) is 11.9. The molecule has 2 heterocycles. The topological polar surface area (TPSA) is 85.1 Å². The number of nitrogens with zero attached hydrogens (tertiary/aromatic N) is 2. The Labute approximate surface area is 238 Å². The van der Waals surface area contributed by atoms with E-state index in [2.05, 4.69) is 10.6 Å². The van der Waals surface area contributed by atoms with Crippen LogP contribution in [0.25, 0.3) is 11.0 Å². The van der Waals surface area contributed by atoms with Crippen LogP contribution in [0.15, 0.2) is 47.3 Å². The number of aromatic nitrogens is 2. The maximum atomic E-state index is 14.2. The molecular formula is C26H14ClF9N4O3. The van der Waals surface area contributed by atoms with Crippen LogP contribution in [0.2, 0.25) is 5.02 Å². The van der Waals surface area contributed by atoms with Crippen molar-refractivity contribution >= 4 is 40.1 Å². The zero-order chi connectivity index (χ0) is 31.5. The maximum Gasteiger partial charge on any atom is 0.416 e. The summed E-state index contributed by atoms with van der Waals surface area (Å²) in [7, 11) is 0. The number of imidazole rings is 1. The molecule has 17 heteroatoms. The lowest BCUT2D eigenvalue weighted by atomic mass is 9.95. The molecule has 0 saturated heterocycles. The molecule has 1 aliphatic heterocycles. The summed E-state index contributed by atoms with van der Waals surface area (Å²) in [6.45, 7) is -5.06. The Morgan fingerprint density at radius 2 is 1.70 bits per heavy atom. The third kappa shape index (κ3) is 5.30. The highest BCUT2D eigenvalue weighted by atomic mass is 35.5. The van der Waals surface area contributed by atoms with Crippen LogP contribution in [-0.4, -0.2) is 27.4 Å². The number of carbonyl (C=O) groups excluding carboxylic acids is 2. The van der Waals surface area contributed by atoms with E-state index in [1.807, 2.05) is 0 Å². The summed E-state index contributed by atoms with van der Waals surface area (Å²) in [6.07, 6.45) is -8.31. The Kier molecular flexibility index (Phi) is 7.44. The van der Waals surface area contributed by atoms with Crippen molar-refractivity contribution in [2.24, 2.45) is 0 Å². The van der Waals surface area contributed by atoms with Gasteiger partial charge in [-0.15, -0.1) is 0 Å². The lowest BCUT2D eigenvalue weighted by Gasteiger charge is -2.19. The van der Waals surface area contributed by atoms with E-state index >= 15 is 0 Å². The van der Waals surface area contributed by atoms with Gasteiger partial charge < -0.3 is 10.6 Å². The van der Waals surface area contributed by atoms with E-state index < -0.39 is 99.9 Å². The molecule has 1 aromatic heterocycles. The number of amides is 2. The summed E-state index contributed by atoms with van der Waals surface area (Å²) in [5, 5.41) is 4.35. The van der Waals surface area contributed by atoms with Crippen LogP contribution >= 0.6 is 11.6 Å². The van der Waals surface area contributed by atoms with Gasteiger partial charge in [0.05, 0.1) is 34.7 Å². The van der Waals surface area contributed by atoms with E-state index in [0.717, 1.165) is 24.3 Å². The van der Waals surface area contributed by atoms with Crippen LogP contribution in [0.3, 0.4) is 0 Å². The molecule has 0 unspecified atom stereocenters. The number of hydrogen-bond acceptors (Lipinski definition) is 3. The zero-order valence-electron chi connectivity index (χ0n) is 20.9. The zero-order valence-corrected chi connectivity index (χ0v) is 21.6. The molecule has 2 N–H and O–H groups in total. The quantitative estimate of drug-likeness (QED) is 0.237.